The van der Waals surface area contributed by atoms with Crippen molar-refractivity contribution in [3.8, 4) is 0 Å². The molecule has 0 saturated carbocycles. The van der Waals surface area contributed by atoms with Crippen molar-refractivity contribution in [2.45, 2.75) is 11.3 Å². The van der Waals surface area contributed by atoms with Crippen molar-refractivity contribution in [2.24, 2.45) is 5.73 Å². The van der Waals surface area contributed by atoms with Crippen molar-refractivity contribution in [1.82, 2.24) is 3.97 Å². The van der Waals surface area contributed by atoms with Crippen LogP contribution in [-0.4, -0.2) is 18.9 Å². The van der Waals surface area contributed by atoms with Gasteiger partial charge in [0.1, 0.15) is 0 Å². The van der Waals surface area contributed by atoms with Gasteiger partial charge in [0.05, 0.1) is 4.90 Å². The zero-order valence-electron chi connectivity index (χ0n) is 9.58. The van der Waals surface area contributed by atoms with Gasteiger partial charge in [0.2, 0.25) is 0 Å². The van der Waals surface area contributed by atoms with Gasteiger partial charge in [0, 0.05) is 16.9 Å². The summed E-state index contributed by atoms with van der Waals surface area (Å²) in [5.74, 6) is 0. The molecule has 96 valence electrons. The van der Waals surface area contributed by atoms with Crippen LogP contribution in [-0.2, 0) is 16.4 Å². The Hall–Kier alpha value is -1.11. The molecule has 0 bridgehead atoms. The summed E-state index contributed by atoms with van der Waals surface area (Å²) in [4.78, 5) is 0.264. The average molecular weight is 329 g/mol. The zero-order valence-corrected chi connectivity index (χ0v) is 12.0. The van der Waals surface area contributed by atoms with Crippen LogP contribution in [0.4, 0.5) is 0 Å². The maximum atomic E-state index is 12.3. The molecule has 0 amide bonds. The third-order valence-corrected chi connectivity index (χ3v) is 4.73. The summed E-state index contributed by atoms with van der Waals surface area (Å²) in [7, 11) is -3.50. The lowest BCUT2D eigenvalue weighted by Gasteiger charge is -2.05. The van der Waals surface area contributed by atoms with Crippen LogP contribution in [0.1, 0.15) is 5.56 Å². The molecule has 0 spiro atoms. The zero-order chi connectivity index (χ0) is 13.2. The molecule has 0 aliphatic carbocycles. The molecule has 0 saturated heterocycles. The van der Waals surface area contributed by atoms with Crippen molar-refractivity contribution in [2.75, 3.05) is 6.54 Å². The molecular weight excluding hydrogens is 316 g/mol. The number of nitrogens with two attached hydrogens (primary N) is 1. The normalized spacial score (nSPS) is 11.7. The van der Waals surface area contributed by atoms with Gasteiger partial charge in [-0.1, -0.05) is 15.9 Å². The van der Waals surface area contributed by atoms with Gasteiger partial charge >= 0.3 is 0 Å². The number of halogens is 1. The van der Waals surface area contributed by atoms with E-state index in [-0.39, 0.29) is 4.90 Å². The molecule has 4 nitrogen and oxygen atoms in total. The second-order valence-electron chi connectivity index (χ2n) is 3.85. The summed E-state index contributed by atoms with van der Waals surface area (Å²) in [5, 5.41) is 0. The van der Waals surface area contributed by atoms with Crippen molar-refractivity contribution in [1.29, 1.82) is 0 Å². The van der Waals surface area contributed by atoms with Gasteiger partial charge in [-0.3, -0.25) is 0 Å². The molecule has 1 aromatic heterocycles. The Morgan fingerprint density at radius 1 is 1.17 bits per heavy atom. The maximum absolute atomic E-state index is 12.3. The van der Waals surface area contributed by atoms with E-state index in [0.29, 0.717) is 13.0 Å². The van der Waals surface area contributed by atoms with E-state index >= 15 is 0 Å². The van der Waals surface area contributed by atoms with Crippen LogP contribution >= 0.6 is 15.9 Å². The smallest absolute Gasteiger partial charge is 0.267 e. The quantitative estimate of drug-likeness (QED) is 0.933. The van der Waals surface area contributed by atoms with Crippen LogP contribution in [0.5, 0.6) is 0 Å². The van der Waals surface area contributed by atoms with E-state index in [1.54, 1.807) is 42.7 Å². The third-order valence-electron chi connectivity index (χ3n) is 2.55. The van der Waals surface area contributed by atoms with Crippen molar-refractivity contribution < 1.29 is 8.42 Å². The number of aromatic nitrogens is 1. The maximum Gasteiger partial charge on any atom is 0.267 e. The fraction of sp³-hybridized carbons (Fsp3) is 0.167. The fourth-order valence-electron chi connectivity index (χ4n) is 1.61. The van der Waals surface area contributed by atoms with Crippen LogP contribution in [0.25, 0.3) is 0 Å². The molecule has 0 aliphatic rings. The van der Waals surface area contributed by atoms with E-state index in [1.807, 2.05) is 0 Å². The highest BCUT2D eigenvalue weighted by Crippen LogP contribution is 2.18. The van der Waals surface area contributed by atoms with Gasteiger partial charge < -0.3 is 5.73 Å². The lowest BCUT2D eigenvalue weighted by Crippen LogP contribution is -2.11. The van der Waals surface area contributed by atoms with Gasteiger partial charge in [-0.05, 0) is 48.9 Å². The average Bonchev–Trinajstić information content (AvgIpc) is 2.79. The molecule has 0 aliphatic heterocycles. The van der Waals surface area contributed by atoms with E-state index < -0.39 is 10.0 Å². The molecule has 2 aromatic rings. The molecule has 1 aromatic carbocycles. The molecule has 2 N–H and O–H groups in total. The lowest BCUT2D eigenvalue weighted by molar-refractivity contribution is 0.587. The minimum Gasteiger partial charge on any atom is -0.330 e. The van der Waals surface area contributed by atoms with Crippen molar-refractivity contribution in [3.05, 3.63) is 52.8 Å². The highest BCUT2D eigenvalue weighted by Gasteiger charge is 2.16. The van der Waals surface area contributed by atoms with Crippen LogP contribution in [0.15, 0.2) is 52.1 Å². The number of hydrogen-bond acceptors (Lipinski definition) is 3. The van der Waals surface area contributed by atoms with E-state index in [9.17, 15) is 8.42 Å². The van der Waals surface area contributed by atoms with Crippen LogP contribution in [0.3, 0.4) is 0 Å². The highest BCUT2D eigenvalue weighted by molar-refractivity contribution is 9.10. The lowest BCUT2D eigenvalue weighted by atomic mass is 10.2. The van der Waals surface area contributed by atoms with Crippen LogP contribution < -0.4 is 5.73 Å². The first-order chi connectivity index (χ1) is 8.54. The summed E-state index contributed by atoms with van der Waals surface area (Å²) in [6.07, 6.45) is 3.81. The van der Waals surface area contributed by atoms with Gasteiger partial charge in [0.15, 0.2) is 0 Å². The van der Waals surface area contributed by atoms with Crippen LogP contribution in [0, 0.1) is 0 Å². The van der Waals surface area contributed by atoms with Crippen molar-refractivity contribution in [3.63, 3.8) is 0 Å². The minimum absolute atomic E-state index is 0.264. The number of benzene rings is 1. The third kappa shape index (κ3) is 2.66. The molecule has 0 radical (unpaired) electrons. The van der Waals surface area contributed by atoms with Gasteiger partial charge in [-0.25, -0.2) is 12.4 Å². The Morgan fingerprint density at radius 3 is 2.44 bits per heavy atom. The Labute approximate surface area is 115 Å². The van der Waals surface area contributed by atoms with Crippen molar-refractivity contribution >= 4 is 26.0 Å². The molecule has 0 unspecified atom stereocenters. The molecule has 2 rings (SSSR count). The fourth-order valence-corrected chi connectivity index (χ4v) is 3.09. The first kappa shape index (κ1) is 13.3. The number of nitrogens with zero attached hydrogens (tertiary/aromatic N) is 1. The number of rotatable bonds is 4. The second kappa shape index (κ2) is 5.26. The van der Waals surface area contributed by atoms with E-state index in [1.165, 1.54) is 3.97 Å². The molecule has 18 heavy (non-hydrogen) atoms. The molecule has 6 heteroatoms. The second-order valence-corrected chi connectivity index (χ2v) is 6.61. The standard InChI is InChI=1S/C12H13BrN2O2S/c13-11-1-3-12(4-2-11)18(16,17)15-8-6-10(9-15)5-7-14/h1-4,6,8-9H,5,7,14H2. The summed E-state index contributed by atoms with van der Waals surface area (Å²) < 4.78 is 26.6. The van der Waals surface area contributed by atoms with Gasteiger partial charge in [0.25, 0.3) is 10.0 Å². The minimum atomic E-state index is -3.50. The van der Waals surface area contributed by atoms with Gasteiger partial charge in [-0.15, -0.1) is 0 Å². The summed E-state index contributed by atoms with van der Waals surface area (Å²) in [6.45, 7) is 0.502. The summed E-state index contributed by atoms with van der Waals surface area (Å²) in [5.41, 5.74) is 6.36. The Morgan fingerprint density at radius 2 is 1.83 bits per heavy atom. The predicted molar refractivity (Wildman–Crippen MR) is 73.9 cm³/mol. The largest absolute Gasteiger partial charge is 0.330 e. The molecule has 1 heterocycles. The Kier molecular flexibility index (Phi) is 3.89. The molecule has 0 fully saturated rings. The summed E-state index contributed by atoms with van der Waals surface area (Å²) >= 11 is 3.28. The Bertz CT molecular complexity index is 632. The first-order valence-electron chi connectivity index (χ1n) is 5.42. The first-order valence-corrected chi connectivity index (χ1v) is 7.65. The summed E-state index contributed by atoms with van der Waals surface area (Å²) in [6, 6.07) is 8.32. The van der Waals surface area contributed by atoms with E-state index in [4.69, 9.17) is 5.73 Å². The molecular formula is C12H13BrN2O2S. The topological polar surface area (TPSA) is 65.1 Å². The van der Waals surface area contributed by atoms with Crippen LogP contribution in [0.2, 0.25) is 0 Å². The highest BCUT2D eigenvalue weighted by atomic mass is 79.9. The SMILES string of the molecule is NCCc1ccn(S(=O)(=O)c2ccc(Br)cc2)c1. The van der Waals surface area contributed by atoms with Gasteiger partial charge in [-0.2, -0.15) is 0 Å². The Balaban J connectivity index is 2.38. The monoisotopic (exact) mass is 328 g/mol. The number of hydrogen-bond donors (Lipinski definition) is 1. The predicted octanol–water partition coefficient (Wildman–Crippen LogP) is 1.99. The van der Waals surface area contributed by atoms with E-state index in [2.05, 4.69) is 15.9 Å². The van der Waals surface area contributed by atoms with E-state index in [0.717, 1.165) is 10.0 Å². The molecule has 0 atom stereocenters.